The summed E-state index contributed by atoms with van der Waals surface area (Å²) < 4.78 is 5.14. The number of aromatic nitrogens is 1. The normalized spacial score (nSPS) is 10.5. The van der Waals surface area contributed by atoms with Crippen molar-refractivity contribution >= 4 is 22.5 Å². The Morgan fingerprint density at radius 1 is 1.17 bits per heavy atom. The molecule has 0 atom stereocenters. The highest BCUT2D eigenvalue weighted by atomic mass is 16.5. The lowest BCUT2D eigenvalue weighted by Gasteiger charge is -2.09. The first-order valence-electron chi connectivity index (χ1n) is 7.17. The van der Waals surface area contributed by atoms with Crippen LogP contribution in [0, 0.1) is 0 Å². The predicted octanol–water partition coefficient (Wildman–Crippen LogP) is 3.13. The number of methoxy groups -OCH3 is 1. The summed E-state index contributed by atoms with van der Waals surface area (Å²) in [4.78, 5) is 16.6. The van der Waals surface area contributed by atoms with Crippen molar-refractivity contribution in [2.45, 2.75) is 6.42 Å². The number of nitrogens with one attached hydrogen (secondary N) is 1. The standard InChI is InChI=1S/C18H16N2O3/c1-23-17-9-8-13-5-3-7-15(18(13)20-17)19-16(22)11-12-4-2-6-14(21)10-12/h2-10,21H,11H2,1H3,(H,19,22). The molecule has 0 bridgehead atoms. The Hall–Kier alpha value is -3.08. The largest absolute Gasteiger partial charge is 0.508 e. The van der Waals surface area contributed by atoms with Gasteiger partial charge in [0.15, 0.2) is 0 Å². The second-order valence-corrected chi connectivity index (χ2v) is 5.13. The van der Waals surface area contributed by atoms with E-state index in [9.17, 15) is 9.90 Å². The number of phenols is 1. The van der Waals surface area contributed by atoms with E-state index < -0.39 is 0 Å². The second kappa shape index (κ2) is 6.36. The molecule has 5 heteroatoms. The number of benzene rings is 2. The Kier molecular flexibility index (Phi) is 4.10. The minimum absolute atomic E-state index is 0.145. The zero-order valence-electron chi connectivity index (χ0n) is 12.6. The number of carbonyl (C=O) groups is 1. The molecule has 116 valence electrons. The molecule has 0 unspecified atom stereocenters. The molecule has 0 saturated carbocycles. The Bertz CT molecular complexity index is 862. The lowest BCUT2D eigenvalue weighted by Crippen LogP contribution is -2.14. The molecule has 2 N–H and O–H groups in total. The third kappa shape index (κ3) is 3.40. The van der Waals surface area contributed by atoms with Crippen LogP contribution in [0.1, 0.15) is 5.56 Å². The molecule has 5 nitrogen and oxygen atoms in total. The van der Waals surface area contributed by atoms with E-state index in [1.54, 1.807) is 43.5 Å². The first-order chi connectivity index (χ1) is 11.2. The molecule has 3 rings (SSSR count). The summed E-state index contributed by atoms with van der Waals surface area (Å²) >= 11 is 0. The molecule has 2 aromatic carbocycles. The molecule has 23 heavy (non-hydrogen) atoms. The van der Waals surface area contributed by atoms with Gasteiger partial charge in [-0.05, 0) is 29.8 Å². The lowest BCUT2D eigenvalue weighted by molar-refractivity contribution is -0.115. The highest BCUT2D eigenvalue weighted by molar-refractivity contribution is 6.01. The van der Waals surface area contributed by atoms with Crippen LogP contribution in [0.2, 0.25) is 0 Å². The van der Waals surface area contributed by atoms with Gasteiger partial charge in [-0.25, -0.2) is 4.98 Å². The molecule has 0 fully saturated rings. The minimum Gasteiger partial charge on any atom is -0.508 e. The Morgan fingerprint density at radius 2 is 2.00 bits per heavy atom. The third-order valence-electron chi connectivity index (χ3n) is 3.45. The summed E-state index contributed by atoms with van der Waals surface area (Å²) in [6.07, 6.45) is 0.175. The zero-order valence-corrected chi connectivity index (χ0v) is 12.6. The van der Waals surface area contributed by atoms with E-state index in [0.717, 1.165) is 10.9 Å². The van der Waals surface area contributed by atoms with Crippen molar-refractivity contribution in [3.8, 4) is 11.6 Å². The summed E-state index contributed by atoms with van der Waals surface area (Å²) in [5.74, 6) is 0.465. The van der Waals surface area contributed by atoms with E-state index in [1.807, 2.05) is 18.2 Å². The van der Waals surface area contributed by atoms with E-state index in [0.29, 0.717) is 17.1 Å². The molecular weight excluding hydrogens is 292 g/mol. The van der Waals surface area contributed by atoms with E-state index in [-0.39, 0.29) is 18.1 Å². The number of amides is 1. The summed E-state index contributed by atoms with van der Waals surface area (Å²) in [6.45, 7) is 0. The number of pyridine rings is 1. The highest BCUT2D eigenvalue weighted by Crippen LogP contribution is 2.24. The van der Waals surface area contributed by atoms with Gasteiger partial charge >= 0.3 is 0 Å². The van der Waals surface area contributed by atoms with E-state index in [4.69, 9.17) is 4.74 Å². The van der Waals surface area contributed by atoms with Crippen LogP contribution in [0.5, 0.6) is 11.6 Å². The SMILES string of the molecule is COc1ccc2cccc(NC(=O)Cc3cccc(O)c3)c2n1. The fraction of sp³-hybridized carbons (Fsp3) is 0.111. The van der Waals surface area contributed by atoms with Crippen molar-refractivity contribution in [2.75, 3.05) is 12.4 Å². The van der Waals surface area contributed by atoms with Crippen LogP contribution >= 0.6 is 0 Å². The number of para-hydroxylation sites is 1. The molecule has 1 heterocycles. The monoisotopic (exact) mass is 308 g/mol. The number of nitrogens with zero attached hydrogens (tertiary/aromatic N) is 1. The average molecular weight is 308 g/mol. The number of fused-ring (bicyclic) bond motifs is 1. The molecule has 0 aliphatic carbocycles. The number of carbonyl (C=O) groups excluding carboxylic acids is 1. The van der Waals surface area contributed by atoms with Crippen molar-refractivity contribution in [1.82, 2.24) is 4.98 Å². The van der Waals surface area contributed by atoms with Crippen LogP contribution in [0.3, 0.4) is 0 Å². The fourth-order valence-electron chi connectivity index (χ4n) is 2.39. The molecule has 3 aromatic rings. The lowest BCUT2D eigenvalue weighted by atomic mass is 10.1. The van der Waals surface area contributed by atoms with Gasteiger partial charge in [-0.2, -0.15) is 0 Å². The van der Waals surface area contributed by atoms with Gasteiger partial charge in [0.1, 0.15) is 5.75 Å². The number of phenolic OH excluding ortho intramolecular Hbond substituents is 1. The molecule has 0 saturated heterocycles. The summed E-state index contributed by atoms with van der Waals surface area (Å²) in [5.41, 5.74) is 2.05. The molecule has 0 aliphatic rings. The number of hydrogen-bond acceptors (Lipinski definition) is 4. The van der Waals surface area contributed by atoms with Gasteiger partial charge in [0, 0.05) is 11.5 Å². The first-order valence-corrected chi connectivity index (χ1v) is 7.17. The van der Waals surface area contributed by atoms with E-state index >= 15 is 0 Å². The van der Waals surface area contributed by atoms with Gasteiger partial charge in [0.2, 0.25) is 11.8 Å². The maximum absolute atomic E-state index is 12.2. The summed E-state index contributed by atoms with van der Waals surface area (Å²) in [6, 6.07) is 15.9. The number of aromatic hydroxyl groups is 1. The Morgan fingerprint density at radius 3 is 2.78 bits per heavy atom. The fourth-order valence-corrected chi connectivity index (χ4v) is 2.39. The summed E-state index contributed by atoms with van der Waals surface area (Å²) in [7, 11) is 1.55. The molecular formula is C18H16N2O3. The number of hydrogen-bond donors (Lipinski definition) is 2. The van der Waals surface area contributed by atoms with Gasteiger partial charge in [-0.15, -0.1) is 0 Å². The third-order valence-corrected chi connectivity index (χ3v) is 3.45. The zero-order chi connectivity index (χ0) is 16.2. The maximum atomic E-state index is 12.2. The van der Waals surface area contributed by atoms with Crippen LogP contribution in [0.4, 0.5) is 5.69 Å². The van der Waals surface area contributed by atoms with Crippen LogP contribution in [0.15, 0.2) is 54.6 Å². The van der Waals surface area contributed by atoms with Crippen molar-refractivity contribution < 1.29 is 14.6 Å². The van der Waals surface area contributed by atoms with E-state index in [2.05, 4.69) is 10.3 Å². The van der Waals surface area contributed by atoms with Crippen molar-refractivity contribution in [3.63, 3.8) is 0 Å². The van der Waals surface area contributed by atoms with Crippen LogP contribution in [0.25, 0.3) is 10.9 Å². The van der Waals surface area contributed by atoms with Crippen molar-refractivity contribution in [1.29, 1.82) is 0 Å². The van der Waals surface area contributed by atoms with Gasteiger partial charge in [0.25, 0.3) is 0 Å². The second-order valence-electron chi connectivity index (χ2n) is 5.13. The Balaban J connectivity index is 1.84. The summed E-state index contributed by atoms with van der Waals surface area (Å²) in [5, 5.41) is 13.2. The maximum Gasteiger partial charge on any atom is 0.228 e. The van der Waals surface area contributed by atoms with Gasteiger partial charge in [0.05, 0.1) is 24.7 Å². The quantitative estimate of drug-likeness (QED) is 0.777. The molecule has 0 spiro atoms. The number of ether oxygens (including phenoxy) is 1. The van der Waals surface area contributed by atoms with Gasteiger partial charge < -0.3 is 15.2 Å². The Labute approximate surface area is 133 Å². The van der Waals surface area contributed by atoms with Crippen LogP contribution in [-0.4, -0.2) is 23.1 Å². The van der Waals surface area contributed by atoms with Crippen LogP contribution < -0.4 is 10.1 Å². The molecule has 1 aromatic heterocycles. The van der Waals surface area contributed by atoms with Gasteiger partial charge in [-0.3, -0.25) is 4.79 Å². The first kappa shape index (κ1) is 14.8. The van der Waals surface area contributed by atoms with Crippen molar-refractivity contribution in [3.05, 3.63) is 60.2 Å². The number of rotatable bonds is 4. The van der Waals surface area contributed by atoms with Crippen LogP contribution in [-0.2, 0) is 11.2 Å². The highest BCUT2D eigenvalue weighted by Gasteiger charge is 2.09. The van der Waals surface area contributed by atoms with Crippen molar-refractivity contribution in [2.24, 2.45) is 0 Å². The van der Waals surface area contributed by atoms with E-state index in [1.165, 1.54) is 0 Å². The topological polar surface area (TPSA) is 71.5 Å². The molecule has 0 aliphatic heterocycles. The minimum atomic E-state index is -0.173. The smallest absolute Gasteiger partial charge is 0.228 e. The predicted molar refractivity (Wildman–Crippen MR) is 88.7 cm³/mol. The molecule has 1 amide bonds. The molecule has 0 radical (unpaired) electrons. The number of anilines is 1. The van der Waals surface area contributed by atoms with Gasteiger partial charge in [-0.1, -0.05) is 24.3 Å². The average Bonchev–Trinajstić information content (AvgIpc) is 2.54.